The van der Waals surface area contributed by atoms with Crippen molar-refractivity contribution < 1.29 is 34.1 Å². The van der Waals surface area contributed by atoms with Crippen LogP contribution in [0.25, 0.3) is 0 Å². The Morgan fingerprint density at radius 3 is 2.00 bits per heavy atom. The number of aliphatic hydroxyl groups excluding tert-OH is 1. The number of cyclic esters (lactones) is 1. The summed E-state index contributed by atoms with van der Waals surface area (Å²) in [7, 11) is 0. The molecule has 1 heterocycles. The van der Waals surface area contributed by atoms with Crippen molar-refractivity contribution in [2.75, 3.05) is 0 Å². The molecule has 0 radical (unpaired) electrons. The topological polar surface area (TPSA) is 113 Å². The molecule has 190 valence electrons. The summed E-state index contributed by atoms with van der Waals surface area (Å²) in [5.74, 6) is -1.42. The summed E-state index contributed by atoms with van der Waals surface area (Å²) in [6, 6.07) is 28.2. The predicted molar refractivity (Wildman–Crippen MR) is 137 cm³/mol. The molecule has 0 fully saturated rings. The van der Waals surface area contributed by atoms with Gasteiger partial charge < -0.3 is 24.6 Å². The number of benzene rings is 4. The lowest BCUT2D eigenvalue weighted by Crippen LogP contribution is -2.31. The lowest BCUT2D eigenvalue weighted by molar-refractivity contribution is -0.0547. The lowest BCUT2D eigenvalue weighted by Gasteiger charge is -2.24. The van der Waals surface area contributed by atoms with Crippen LogP contribution >= 0.6 is 0 Å². The Labute approximate surface area is 218 Å². The molecule has 0 aromatic heterocycles. The number of fused-ring (bicyclic) bond motifs is 1. The Morgan fingerprint density at radius 2 is 1.37 bits per heavy atom. The number of carboxylic acid groups (broad SMARTS) is 1. The molecule has 5 rings (SSSR count). The van der Waals surface area contributed by atoms with E-state index >= 15 is 0 Å². The Hall–Kier alpha value is -4.95. The molecule has 2 N–H and O–H groups in total. The lowest BCUT2D eigenvalue weighted by atomic mass is 9.97. The zero-order chi connectivity index (χ0) is 26.6. The second kappa shape index (κ2) is 10.6. The molecule has 1 aliphatic heterocycles. The minimum atomic E-state index is -1.57. The van der Waals surface area contributed by atoms with Gasteiger partial charge in [0.25, 0.3) is 5.91 Å². The molecule has 1 amide bonds. The smallest absolute Gasteiger partial charge is 0.341 e. The third kappa shape index (κ3) is 5.25. The minimum absolute atomic E-state index is 0.0209. The number of aliphatic hydroxyl groups is 1. The Kier molecular flexibility index (Phi) is 6.88. The van der Waals surface area contributed by atoms with E-state index in [1.165, 1.54) is 11.0 Å². The van der Waals surface area contributed by atoms with E-state index in [2.05, 4.69) is 0 Å². The van der Waals surface area contributed by atoms with Crippen molar-refractivity contribution in [1.82, 2.24) is 4.90 Å². The maximum absolute atomic E-state index is 13.8. The van der Waals surface area contributed by atoms with Crippen LogP contribution in [0.5, 0.6) is 11.5 Å². The minimum Gasteiger partial charge on any atom is -0.478 e. The van der Waals surface area contributed by atoms with Gasteiger partial charge in [-0.25, -0.2) is 9.59 Å². The quantitative estimate of drug-likeness (QED) is 0.315. The van der Waals surface area contributed by atoms with Gasteiger partial charge >= 0.3 is 11.9 Å². The van der Waals surface area contributed by atoms with Crippen LogP contribution in [0.2, 0.25) is 0 Å². The van der Waals surface area contributed by atoms with Crippen LogP contribution in [-0.2, 0) is 17.8 Å². The maximum atomic E-state index is 13.8. The first-order valence-electron chi connectivity index (χ1n) is 11.8. The fraction of sp³-hybridized carbons (Fsp3) is 0.100. The molecular formula is C30H23NO7. The van der Waals surface area contributed by atoms with Crippen LogP contribution in [0.1, 0.15) is 54.1 Å². The fourth-order valence-corrected chi connectivity index (χ4v) is 4.26. The van der Waals surface area contributed by atoms with Gasteiger partial charge in [-0.3, -0.25) is 4.79 Å². The molecule has 8 nitrogen and oxygen atoms in total. The standard InChI is InChI=1S/C30H23NO7/c32-27(23-15-25-26(16-24(23)28(33)34)30(36)38-29(25)35)31(17-19-7-3-1-4-8-19)18-20-11-13-22(14-12-20)37-21-9-5-2-6-10-21/h1-16,30,36H,17-18H2,(H,33,34). The first-order valence-corrected chi connectivity index (χ1v) is 11.8. The molecular weight excluding hydrogens is 486 g/mol. The van der Waals surface area contributed by atoms with Gasteiger partial charge in [-0.2, -0.15) is 0 Å². The fourth-order valence-electron chi connectivity index (χ4n) is 4.26. The maximum Gasteiger partial charge on any atom is 0.341 e. The van der Waals surface area contributed by atoms with Gasteiger partial charge in [0.1, 0.15) is 11.5 Å². The molecule has 0 saturated carbocycles. The van der Waals surface area contributed by atoms with Gasteiger partial charge in [0.05, 0.1) is 16.7 Å². The Morgan fingerprint density at radius 1 is 0.789 bits per heavy atom. The summed E-state index contributed by atoms with van der Waals surface area (Å²) in [4.78, 5) is 39.5. The summed E-state index contributed by atoms with van der Waals surface area (Å²) in [6.45, 7) is 0.369. The highest BCUT2D eigenvalue weighted by Gasteiger charge is 2.34. The van der Waals surface area contributed by atoms with Crippen molar-refractivity contribution in [1.29, 1.82) is 0 Å². The second-order valence-electron chi connectivity index (χ2n) is 8.75. The van der Waals surface area contributed by atoms with E-state index in [1.807, 2.05) is 72.8 Å². The van der Waals surface area contributed by atoms with Gasteiger partial charge in [0.15, 0.2) is 0 Å². The summed E-state index contributed by atoms with van der Waals surface area (Å²) in [5.41, 5.74) is 1.14. The van der Waals surface area contributed by atoms with E-state index in [0.717, 1.165) is 17.2 Å². The summed E-state index contributed by atoms with van der Waals surface area (Å²) >= 11 is 0. The number of carbonyl (C=O) groups excluding carboxylic acids is 2. The molecule has 8 heteroatoms. The number of amides is 1. The molecule has 0 aliphatic carbocycles. The molecule has 4 aromatic rings. The summed E-state index contributed by atoms with van der Waals surface area (Å²) in [6.07, 6.45) is -1.57. The van der Waals surface area contributed by atoms with Gasteiger partial charge in [-0.15, -0.1) is 0 Å². The highest BCUT2D eigenvalue weighted by molar-refractivity contribution is 6.07. The summed E-state index contributed by atoms with van der Waals surface area (Å²) < 4.78 is 10.6. The first kappa shape index (κ1) is 24.7. The van der Waals surface area contributed by atoms with E-state index in [9.17, 15) is 24.6 Å². The Balaban J connectivity index is 1.46. The van der Waals surface area contributed by atoms with Crippen molar-refractivity contribution in [2.24, 2.45) is 0 Å². The van der Waals surface area contributed by atoms with Crippen molar-refractivity contribution in [3.8, 4) is 11.5 Å². The molecule has 0 bridgehead atoms. The van der Waals surface area contributed by atoms with Crippen LogP contribution in [0.15, 0.2) is 97.1 Å². The van der Waals surface area contributed by atoms with Crippen molar-refractivity contribution in [3.63, 3.8) is 0 Å². The third-order valence-corrected chi connectivity index (χ3v) is 6.13. The highest BCUT2D eigenvalue weighted by atomic mass is 16.6. The molecule has 4 aromatic carbocycles. The van der Waals surface area contributed by atoms with E-state index in [-0.39, 0.29) is 35.3 Å². The number of carboxylic acids is 1. The number of ether oxygens (including phenoxy) is 2. The molecule has 0 saturated heterocycles. The number of carbonyl (C=O) groups is 3. The Bertz CT molecular complexity index is 1480. The van der Waals surface area contributed by atoms with Crippen LogP contribution < -0.4 is 4.74 Å². The zero-order valence-electron chi connectivity index (χ0n) is 20.1. The van der Waals surface area contributed by atoms with Gasteiger partial charge in [0, 0.05) is 18.7 Å². The van der Waals surface area contributed by atoms with Crippen molar-refractivity contribution >= 4 is 17.8 Å². The molecule has 1 unspecified atom stereocenters. The molecule has 1 atom stereocenters. The average Bonchev–Trinajstić information content (AvgIpc) is 3.21. The predicted octanol–water partition coefficient (Wildman–Crippen LogP) is 5.18. The van der Waals surface area contributed by atoms with Gasteiger partial charge in [-0.05, 0) is 47.5 Å². The van der Waals surface area contributed by atoms with Crippen molar-refractivity contribution in [2.45, 2.75) is 19.4 Å². The zero-order valence-corrected chi connectivity index (χ0v) is 20.1. The number of nitrogens with zero attached hydrogens (tertiary/aromatic N) is 1. The summed E-state index contributed by atoms with van der Waals surface area (Å²) in [5, 5.41) is 19.8. The highest BCUT2D eigenvalue weighted by Crippen LogP contribution is 2.32. The van der Waals surface area contributed by atoms with Gasteiger partial charge in [-0.1, -0.05) is 60.7 Å². The van der Waals surface area contributed by atoms with Crippen molar-refractivity contribution in [3.05, 3.63) is 130 Å². The number of hydrogen-bond donors (Lipinski definition) is 2. The molecule has 0 spiro atoms. The number of aromatic carboxylic acids is 1. The van der Waals surface area contributed by atoms with Crippen LogP contribution in [0.3, 0.4) is 0 Å². The SMILES string of the molecule is O=C(O)c1cc2c(cc1C(=O)N(Cc1ccccc1)Cc1ccc(Oc3ccccc3)cc1)C(=O)OC2O. The number of hydrogen-bond acceptors (Lipinski definition) is 6. The van der Waals surface area contributed by atoms with Gasteiger partial charge in [0.2, 0.25) is 6.29 Å². The number of para-hydroxylation sites is 1. The third-order valence-electron chi connectivity index (χ3n) is 6.13. The molecule has 1 aliphatic rings. The van der Waals surface area contributed by atoms with Crippen LogP contribution in [0.4, 0.5) is 0 Å². The second-order valence-corrected chi connectivity index (χ2v) is 8.75. The monoisotopic (exact) mass is 509 g/mol. The number of rotatable bonds is 8. The van der Waals surface area contributed by atoms with E-state index in [4.69, 9.17) is 9.47 Å². The van der Waals surface area contributed by atoms with E-state index in [0.29, 0.717) is 11.5 Å². The van der Waals surface area contributed by atoms with E-state index in [1.54, 1.807) is 12.1 Å². The normalized spacial score (nSPS) is 13.9. The average molecular weight is 510 g/mol. The molecule has 38 heavy (non-hydrogen) atoms. The largest absolute Gasteiger partial charge is 0.478 e. The van der Waals surface area contributed by atoms with Crippen LogP contribution in [-0.4, -0.2) is 33.0 Å². The van der Waals surface area contributed by atoms with E-state index < -0.39 is 24.1 Å². The number of esters is 1. The van der Waals surface area contributed by atoms with Crippen LogP contribution in [0, 0.1) is 0 Å². The first-order chi connectivity index (χ1) is 18.4.